The molecule has 0 saturated carbocycles. The van der Waals surface area contributed by atoms with E-state index in [9.17, 15) is 0 Å². The number of hydrogen-bond acceptors (Lipinski definition) is 6. The van der Waals surface area contributed by atoms with Gasteiger partial charge in [0.1, 0.15) is 6.07 Å². The van der Waals surface area contributed by atoms with E-state index in [0.717, 1.165) is 0 Å². The minimum Gasteiger partial charge on any atom is -0.381 e. The van der Waals surface area contributed by atoms with Gasteiger partial charge in [0, 0.05) is 24.7 Å². The molecule has 0 amide bonds. The van der Waals surface area contributed by atoms with Crippen molar-refractivity contribution in [3.8, 4) is 6.07 Å². The van der Waals surface area contributed by atoms with Crippen molar-refractivity contribution in [1.29, 1.82) is 10.7 Å². The second-order valence-electron chi connectivity index (χ2n) is 2.32. The zero-order chi connectivity index (χ0) is 17.7. The van der Waals surface area contributed by atoms with Gasteiger partial charge in [0.05, 0.1) is 8.22 Å². The van der Waals surface area contributed by atoms with E-state index in [0.29, 0.717) is 0 Å². The molecule has 0 spiro atoms. The third-order valence-corrected chi connectivity index (χ3v) is 1.21. The van der Waals surface area contributed by atoms with Gasteiger partial charge in [-0.2, -0.15) is 5.26 Å². The summed E-state index contributed by atoms with van der Waals surface area (Å²) < 4.78 is 42.2. The number of rotatable bonds is 1. The Morgan fingerprint density at radius 1 is 1.18 bits per heavy atom. The maximum absolute atomic E-state index is 8.27. The number of nitriles is 1. The fourth-order valence-corrected chi connectivity index (χ4v) is 0.594. The second kappa shape index (κ2) is 6.58. The lowest BCUT2D eigenvalue weighted by Gasteiger charge is -1.90. The molecule has 2 heterocycles. The van der Waals surface area contributed by atoms with Gasteiger partial charge in [-0.15, -0.1) is 0 Å². The van der Waals surface area contributed by atoms with Crippen LogP contribution < -0.4 is 5.73 Å². The molecule has 17 heavy (non-hydrogen) atoms. The van der Waals surface area contributed by atoms with Gasteiger partial charge in [-0.1, -0.05) is 0 Å². The largest absolute Gasteiger partial charge is 0.381 e. The SMILES string of the molecule is [2H]c1nc(C#N)nc([2H])c1[2H].[2H]c1nc(C(=N)N)nc([2H])c1[2H]. The van der Waals surface area contributed by atoms with Gasteiger partial charge in [-0.3, -0.25) is 5.41 Å². The standard InChI is InChI=1S/C5H6N4.C5H3N3/c6-4(7)5-8-2-1-3-9-5;6-4-5-7-2-1-3-8-5/h1-3H,(H3,6,7);1-3H/i2*1D,2D,3D. The second-order valence-corrected chi connectivity index (χ2v) is 2.32. The number of nitrogen functional groups attached to an aromatic ring is 1. The quantitative estimate of drug-likeness (QED) is 0.531. The first kappa shape index (κ1) is 6.00. The number of hydrogen-bond donors (Lipinski definition) is 2. The number of nitrogens with two attached hydrogens (primary N) is 1. The van der Waals surface area contributed by atoms with Crippen LogP contribution in [0.15, 0.2) is 36.8 Å². The van der Waals surface area contributed by atoms with Crippen LogP contribution in [0.2, 0.25) is 0 Å². The van der Waals surface area contributed by atoms with Gasteiger partial charge in [-0.25, -0.2) is 19.9 Å². The minimum atomic E-state index is -0.406. The average Bonchev–Trinajstić information content (AvgIpc) is 2.49. The molecule has 0 aliphatic rings. The Kier molecular flexibility index (Phi) is 2.32. The van der Waals surface area contributed by atoms with Crippen molar-refractivity contribution in [3.63, 3.8) is 0 Å². The highest BCUT2D eigenvalue weighted by Crippen LogP contribution is 1.82. The van der Waals surface area contributed by atoms with Crippen LogP contribution in [-0.2, 0) is 0 Å². The number of aromatic nitrogens is 4. The van der Waals surface area contributed by atoms with Crippen LogP contribution in [0.1, 0.15) is 19.9 Å². The molecule has 0 unspecified atom stereocenters. The molecule has 0 aromatic carbocycles. The maximum Gasteiger partial charge on any atom is 0.232 e. The van der Waals surface area contributed by atoms with Crippen molar-refractivity contribution < 1.29 is 8.22 Å². The molecule has 7 nitrogen and oxygen atoms in total. The van der Waals surface area contributed by atoms with E-state index in [1.54, 1.807) is 6.07 Å². The van der Waals surface area contributed by atoms with Gasteiger partial charge < -0.3 is 5.73 Å². The lowest BCUT2D eigenvalue weighted by molar-refractivity contribution is 1.11. The van der Waals surface area contributed by atoms with Crippen LogP contribution in [0.25, 0.3) is 0 Å². The van der Waals surface area contributed by atoms with Crippen LogP contribution in [0.5, 0.6) is 0 Å². The molecule has 3 N–H and O–H groups in total. The van der Waals surface area contributed by atoms with Crippen LogP contribution in [0, 0.1) is 16.7 Å². The molecule has 0 fully saturated rings. The molecule has 0 bridgehead atoms. The summed E-state index contributed by atoms with van der Waals surface area (Å²) in [6.45, 7) is 0. The topological polar surface area (TPSA) is 125 Å². The van der Waals surface area contributed by atoms with E-state index in [1.165, 1.54) is 0 Å². The summed E-state index contributed by atoms with van der Waals surface area (Å²) in [7, 11) is 0. The molecule has 0 aliphatic carbocycles. The number of nitrogens with zero attached hydrogens (tertiary/aromatic N) is 5. The van der Waals surface area contributed by atoms with Crippen LogP contribution in [-0.4, -0.2) is 25.8 Å². The van der Waals surface area contributed by atoms with E-state index in [1.807, 2.05) is 0 Å². The molecular weight excluding hydrogens is 218 g/mol. The van der Waals surface area contributed by atoms with Crippen molar-refractivity contribution in [2.24, 2.45) is 5.73 Å². The first-order valence-corrected chi connectivity index (χ1v) is 4.05. The third kappa shape index (κ3) is 4.44. The smallest absolute Gasteiger partial charge is 0.232 e. The average molecular weight is 233 g/mol. The predicted octanol–water partition coefficient (Wildman–Crippen LogP) is 0.109. The lowest BCUT2D eigenvalue weighted by Crippen LogP contribution is -2.14. The van der Waals surface area contributed by atoms with Crippen molar-refractivity contribution in [3.05, 3.63) is 48.4 Å². The predicted molar refractivity (Wildman–Crippen MR) is 59.8 cm³/mol. The van der Waals surface area contributed by atoms with E-state index < -0.39 is 5.84 Å². The Bertz CT molecular complexity index is 757. The highest BCUT2D eigenvalue weighted by molar-refractivity contribution is 5.90. The summed E-state index contributed by atoms with van der Waals surface area (Å²) in [5.74, 6) is -0.825. The van der Waals surface area contributed by atoms with Crippen molar-refractivity contribution >= 4 is 5.84 Å². The highest BCUT2D eigenvalue weighted by Gasteiger charge is 1.93. The van der Waals surface area contributed by atoms with Crippen molar-refractivity contribution in [1.82, 2.24) is 19.9 Å². The molecule has 7 heteroatoms. The summed E-state index contributed by atoms with van der Waals surface area (Å²) in [6.07, 6.45) is -1.55. The van der Waals surface area contributed by atoms with Crippen LogP contribution >= 0.6 is 0 Å². The van der Waals surface area contributed by atoms with Crippen molar-refractivity contribution in [2.75, 3.05) is 0 Å². The fraction of sp³-hybridized carbons (Fsp3) is 0. The molecular formula is C10H9N7. The maximum atomic E-state index is 8.27. The Hall–Kier alpha value is -2.88. The monoisotopic (exact) mass is 233 g/mol. The van der Waals surface area contributed by atoms with E-state index in [-0.39, 0.29) is 48.4 Å². The summed E-state index contributed by atoms with van der Waals surface area (Å²) in [5, 5.41) is 15.2. The summed E-state index contributed by atoms with van der Waals surface area (Å²) in [5.41, 5.74) is 5.03. The van der Waals surface area contributed by atoms with Crippen molar-refractivity contribution in [2.45, 2.75) is 0 Å². The summed E-state index contributed by atoms with van der Waals surface area (Å²) in [6, 6.07) is 0.872. The zero-order valence-corrected chi connectivity index (χ0v) is 8.31. The number of nitrogens with one attached hydrogen (secondary N) is 1. The van der Waals surface area contributed by atoms with Gasteiger partial charge >= 0.3 is 0 Å². The lowest BCUT2D eigenvalue weighted by atomic mass is 10.5. The van der Waals surface area contributed by atoms with Crippen LogP contribution in [0.4, 0.5) is 0 Å². The summed E-state index contributed by atoms with van der Waals surface area (Å²) >= 11 is 0. The van der Waals surface area contributed by atoms with E-state index >= 15 is 0 Å². The molecule has 2 aromatic rings. The molecule has 2 rings (SSSR count). The molecule has 2 aromatic heterocycles. The highest BCUT2D eigenvalue weighted by atomic mass is 14.9. The first-order chi connectivity index (χ1) is 10.7. The Balaban J connectivity index is 0.000000231. The Labute approximate surface area is 106 Å². The summed E-state index contributed by atoms with van der Waals surface area (Å²) in [4.78, 5) is 13.5. The normalized spacial score (nSPS) is 13.4. The number of amidine groups is 1. The van der Waals surface area contributed by atoms with Gasteiger partial charge in [0.15, 0.2) is 11.7 Å². The Morgan fingerprint density at radius 3 is 2.06 bits per heavy atom. The van der Waals surface area contributed by atoms with Gasteiger partial charge in [0.2, 0.25) is 5.82 Å². The Morgan fingerprint density at radius 2 is 1.65 bits per heavy atom. The van der Waals surface area contributed by atoms with Gasteiger partial charge in [-0.05, 0) is 12.1 Å². The molecule has 84 valence electrons. The molecule has 0 aliphatic heterocycles. The minimum absolute atomic E-state index is 0.180. The zero-order valence-electron chi connectivity index (χ0n) is 14.3. The van der Waals surface area contributed by atoms with E-state index in [4.69, 9.17) is 24.6 Å². The molecule has 0 radical (unpaired) electrons. The first-order valence-electron chi connectivity index (χ1n) is 7.05. The third-order valence-electron chi connectivity index (χ3n) is 1.21. The van der Waals surface area contributed by atoms with Crippen LogP contribution in [0.3, 0.4) is 0 Å². The molecule has 0 atom stereocenters. The fourth-order valence-electron chi connectivity index (χ4n) is 0.594. The van der Waals surface area contributed by atoms with E-state index in [2.05, 4.69) is 19.9 Å². The van der Waals surface area contributed by atoms with Gasteiger partial charge in [0.25, 0.3) is 0 Å². The molecule has 0 saturated heterocycles.